The second-order valence-corrected chi connectivity index (χ2v) is 6.73. The van der Waals surface area contributed by atoms with E-state index in [1.807, 2.05) is 20.8 Å². The number of halogens is 1. The standard InChI is InChI=1S/C17H16BrN3O2/c1-17(2,3)23-21-16(13-9-12(18)6-7-14(13)22)15-11(10-19)5-4-8-20-15/h4-9,22H,1-3H3/b21-16+. The van der Waals surface area contributed by atoms with Crippen LogP contribution in [0.25, 0.3) is 0 Å². The Morgan fingerprint density at radius 3 is 2.74 bits per heavy atom. The van der Waals surface area contributed by atoms with Crippen molar-refractivity contribution in [3.63, 3.8) is 0 Å². The second-order valence-electron chi connectivity index (χ2n) is 5.82. The van der Waals surface area contributed by atoms with Crippen LogP contribution in [0.3, 0.4) is 0 Å². The van der Waals surface area contributed by atoms with Gasteiger partial charge in [-0.25, -0.2) is 0 Å². The summed E-state index contributed by atoms with van der Waals surface area (Å²) in [5, 5.41) is 23.7. The Morgan fingerprint density at radius 1 is 1.35 bits per heavy atom. The Bertz CT molecular complexity index is 789. The molecule has 0 spiro atoms. The van der Waals surface area contributed by atoms with Gasteiger partial charge in [-0.1, -0.05) is 21.1 Å². The van der Waals surface area contributed by atoms with Crippen molar-refractivity contribution in [2.75, 3.05) is 0 Å². The van der Waals surface area contributed by atoms with E-state index in [9.17, 15) is 10.4 Å². The molecular weight excluding hydrogens is 358 g/mol. The van der Waals surface area contributed by atoms with Crippen LogP contribution in [0.1, 0.15) is 37.6 Å². The maximum Gasteiger partial charge on any atom is 0.140 e. The monoisotopic (exact) mass is 373 g/mol. The van der Waals surface area contributed by atoms with Gasteiger partial charge in [-0.3, -0.25) is 4.98 Å². The maximum absolute atomic E-state index is 10.2. The Balaban J connectivity index is 2.66. The van der Waals surface area contributed by atoms with E-state index in [2.05, 4.69) is 32.1 Å². The minimum atomic E-state index is -0.519. The number of hydrogen-bond donors (Lipinski definition) is 1. The molecule has 1 heterocycles. The average molecular weight is 374 g/mol. The summed E-state index contributed by atoms with van der Waals surface area (Å²) in [5.41, 5.74) is 0.916. The summed E-state index contributed by atoms with van der Waals surface area (Å²) in [5.74, 6) is 0.0269. The third-order valence-electron chi connectivity index (χ3n) is 2.78. The first-order chi connectivity index (χ1) is 10.8. The number of oxime groups is 1. The number of hydrogen-bond acceptors (Lipinski definition) is 5. The van der Waals surface area contributed by atoms with Gasteiger partial charge in [0.2, 0.25) is 0 Å². The zero-order valence-corrected chi connectivity index (χ0v) is 14.6. The molecule has 0 saturated carbocycles. The topological polar surface area (TPSA) is 78.5 Å². The SMILES string of the molecule is CC(C)(C)O/N=C(\c1cc(Br)ccc1O)c1ncccc1C#N. The van der Waals surface area contributed by atoms with Gasteiger partial charge in [-0.2, -0.15) is 5.26 Å². The van der Waals surface area contributed by atoms with Gasteiger partial charge in [-0.05, 0) is 51.1 Å². The summed E-state index contributed by atoms with van der Waals surface area (Å²) in [7, 11) is 0. The molecule has 0 unspecified atom stereocenters. The van der Waals surface area contributed by atoms with Crippen LogP contribution in [0.15, 0.2) is 46.2 Å². The minimum Gasteiger partial charge on any atom is -0.507 e. The highest BCUT2D eigenvalue weighted by molar-refractivity contribution is 9.10. The highest BCUT2D eigenvalue weighted by atomic mass is 79.9. The fourth-order valence-corrected chi connectivity index (χ4v) is 2.15. The molecule has 23 heavy (non-hydrogen) atoms. The van der Waals surface area contributed by atoms with Crippen LogP contribution in [0, 0.1) is 11.3 Å². The summed E-state index contributed by atoms with van der Waals surface area (Å²) >= 11 is 3.37. The van der Waals surface area contributed by atoms with E-state index in [0.29, 0.717) is 22.5 Å². The van der Waals surface area contributed by atoms with Crippen molar-refractivity contribution in [2.45, 2.75) is 26.4 Å². The number of rotatable bonds is 3. The van der Waals surface area contributed by atoms with Crippen LogP contribution in [0.2, 0.25) is 0 Å². The third-order valence-corrected chi connectivity index (χ3v) is 3.27. The molecule has 1 aromatic heterocycles. The lowest BCUT2D eigenvalue weighted by Gasteiger charge is -2.17. The lowest BCUT2D eigenvalue weighted by atomic mass is 10.0. The summed E-state index contributed by atoms with van der Waals surface area (Å²) in [4.78, 5) is 9.74. The normalized spacial score (nSPS) is 11.9. The molecule has 1 aromatic carbocycles. The zero-order valence-electron chi connectivity index (χ0n) is 13.0. The summed E-state index contributed by atoms with van der Waals surface area (Å²) in [6, 6.07) is 10.4. The number of benzene rings is 1. The van der Waals surface area contributed by atoms with Gasteiger partial charge >= 0.3 is 0 Å². The van der Waals surface area contributed by atoms with E-state index in [4.69, 9.17) is 4.84 Å². The van der Waals surface area contributed by atoms with Crippen molar-refractivity contribution in [1.82, 2.24) is 4.98 Å². The Morgan fingerprint density at radius 2 is 2.09 bits per heavy atom. The van der Waals surface area contributed by atoms with E-state index >= 15 is 0 Å². The largest absolute Gasteiger partial charge is 0.507 e. The molecule has 0 aliphatic heterocycles. The molecule has 0 bridgehead atoms. The summed E-state index contributed by atoms with van der Waals surface area (Å²) in [6.07, 6.45) is 1.57. The predicted molar refractivity (Wildman–Crippen MR) is 91.2 cm³/mol. The number of aromatic hydroxyl groups is 1. The molecule has 0 atom stereocenters. The van der Waals surface area contributed by atoms with E-state index in [0.717, 1.165) is 4.47 Å². The van der Waals surface area contributed by atoms with Crippen molar-refractivity contribution >= 4 is 21.6 Å². The van der Waals surface area contributed by atoms with Crippen molar-refractivity contribution in [1.29, 1.82) is 5.26 Å². The number of phenolic OH excluding ortho intramolecular Hbond substituents is 1. The van der Waals surface area contributed by atoms with Gasteiger partial charge in [0.15, 0.2) is 0 Å². The van der Waals surface area contributed by atoms with Crippen LogP contribution in [-0.4, -0.2) is 21.4 Å². The Hall–Kier alpha value is -2.39. The molecule has 1 N–H and O–H groups in total. The highest BCUT2D eigenvalue weighted by Crippen LogP contribution is 2.26. The van der Waals surface area contributed by atoms with Crippen LogP contribution in [0.5, 0.6) is 5.75 Å². The van der Waals surface area contributed by atoms with E-state index in [1.165, 1.54) is 0 Å². The van der Waals surface area contributed by atoms with Crippen molar-refractivity contribution in [3.8, 4) is 11.8 Å². The Kier molecular flexibility index (Phi) is 5.02. The first kappa shape index (κ1) is 17.0. The van der Waals surface area contributed by atoms with Crippen LogP contribution in [-0.2, 0) is 4.84 Å². The molecule has 118 valence electrons. The molecule has 0 aliphatic rings. The minimum absolute atomic E-state index is 0.0269. The van der Waals surface area contributed by atoms with Gasteiger partial charge in [0.1, 0.15) is 28.8 Å². The predicted octanol–water partition coefficient (Wildman–Crippen LogP) is 3.99. The number of aromatic nitrogens is 1. The zero-order chi connectivity index (χ0) is 17.0. The van der Waals surface area contributed by atoms with Crippen LogP contribution < -0.4 is 0 Å². The number of nitriles is 1. The van der Waals surface area contributed by atoms with Gasteiger partial charge in [0.05, 0.1) is 5.56 Å². The molecule has 0 aliphatic carbocycles. The van der Waals surface area contributed by atoms with Gasteiger partial charge in [-0.15, -0.1) is 0 Å². The van der Waals surface area contributed by atoms with Crippen LogP contribution in [0.4, 0.5) is 0 Å². The first-order valence-electron chi connectivity index (χ1n) is 6.92. The van der Waals surface area contributed by atoms with Crippen LogP contribution >= 0.6 is 15.9 Å². The molecule has 0 radical (unpaired) electrons. The third kappa shape index (κ3) is 4.30. The fourth-order valence-electron chi connectivity index (χ4n) is 1.78. The molecule has 2 aromatic rings. The summed E-state index contributed by atoms with van der Waals surface area (Å²) < 4.78 is 0.767. The molecule has 2 rings (SSSR count). The molecule has 0 fully saturated rings. The molecule has 5 nitrogen and oxygen atoms in total. The van der Waals surface area contributed by atoms with Gasteiger partial charge in [0.25, 0.3) is 0 Å². The molecule has 0 saturated heterocycles. The maximum atomic E-state index is 10.2. The Labute approximate surface area is 143 Å². The van der Waals surface area contributed by atoms with Gasteiger partial charge < -0.3 is 9.94 Å². The van der Waals surface area contributed by atoms with E-state index in [1.54, 1.807) is 36.5 Å². The van der Waals surface area contributed by atoms with Crippen molar-refractivity contribution < 1.29 is 9.94 Å². The average Bonchev–Trinajstić information content (AvgIpc) is 2.50. The number of nitrogens with zero attached hydrogens (tertiary/aromatic N) is 3. The lowest BCUT2D eigenvalue weighted by Crippen LogP contribution is -2.18. The fraction of sp³-hybridized carbons (Fsp3) is 0.235. The number of pyridine rings is 1. The van der Waals surface area contributed by atoms with E-state index < -0.39 is 5.60 Å². The summed E-state index contributed by atoms with van der Waals surface area (Å²) in [6.45, 7) is 5.58. The molecular formula is C17H16BrN3O2. The first-order valence-corrected chi connectivity index (χ1v) is 7.71. The quantitative estimate of drug-likeness (QED) is 0.651. The van der Waals surface area contributed by atoms with Crippen molar-refractivity contribution in [3.05, 3.63) is 57.8 Å². The second kappa shape index (κ2) is 6.80. The molecule has 0 amide bonds. The molecule has 6 heteroatoms. The van der Waals surface area contributed by atoms with Gasteiger partial charge in [0, 0.05) is 16.2 Å². The highest BCUT2D eigenvalue weighted by Gasteiger charge is 2.20. The van der Waals surface area contributed by atoms with E-state index in [-0.39, 0.29) is 5.75 Å². The van der Waals surface area contributed by atoms with Crippen molar-refractivity contribution in [2.24, 2.45) is 5.16 Å². The number of phenols is 1. The lowest BCUT2D eigenvalue weighted by molar-refractivity contribution is 0.00111. The smallest absolute Gasteiger partial charge is 0.140 e.